The molecule has 1 aromatic heterocycles. The number of nitrogens with two attached hydrogens (primary N) is 1. The summed E-state index contributed by atoms with van der Waals surface area (Å²) in [5.74, 6) is 1.28. The normalized spacial score (nSPS) is 21.3. The molecule has 0 bridgehead atoms. The van der Waals surface area contributed by atoms with E-state index in [9.17, 15) is 9.59 Å². The van der Waals surface area contributed by atoms with E-state index in [1.54, 1.807) is 4.90 Å². The quantitative estimate of drug-likeness (QED) is 0.520. The molecule has 2 aromatic rings. The first-order chi connectivity index (χ1) is 16.9. The van der Waals surface area contributed by atoms with E-state index in [0.717, 1.165) is 60.6 Å². The van der Waals surface area contributed by atoms with E-state index in [0.29, 0.717) is 31.3 Å². The highest BCUT2D eigenvalue weighted by molar-refractivity contribution is 9.11. The fourth-order valence-electron chi connectivity index (χ4n) is 6.22. The number of urea groups is 1. The number of amides is 3. The molecule has 2 saturated heterocycles. The van der Waals surface area contributed by atoms with Crippen LogP contribution in [0.2, 0.25) is 0 Å². The highest BCUT2D eigenvalue weighted by Crippen LogP contribution is 2.45. The first-order valence-electron chi connectivity index (χ1n) is 12.6. The Morgan fingerprint density at radius 2 is 1.66 bits per heavy atom. The number of aromatic nitrogens is 1. The minimum Gasteiger partial charge on any atom is -0.351 e. The Morgan fingerprint density at radius 1 is 0.971 bits per heavy atom. The van der Waals surface area contributed by atoms with Gasteiger partial charge in [0.25, 0.3) is 0 Å². The molecule has 5 rings (SSSR count). The van der Waals surface area contributed by atoms with Gasteiger partial charge >= 0.3 is 6.03 Å². The number of fused-ring (bicyclic) bond motifs is 2. The van der Waals surface area contributed by atoms with Crippen LogP contribution >= 0.6 is 31.9 Å². The largest absolute Gasteiger partial charge is 0.351 e. The topological polar surface area (TPSA) is 79.5 Å². The van der Waals surface area contributed by atoms with Crippen molar-refractivity contribution in [1.82, 2.24) is 14.8 Å². The minimum absolute atomic E-state index is 0.238. The maximum Gasteiger partial charge on any atom is 0.314 e. The lowest BCUT2D eigenvalue weighted by molar-refractivity contribution is -0.134. The van der Waals surface area contributed by atoms with Gasteiger partial charge in [-0.3, -0.25) is 9.78 Å². The predicted octanol–water partition coefficient (Wildman–Crippen LogP) is 5.26. The zero-order valence-electron chi connectivity index (χ0n) is 19.9. The summed E-state index contributed by atoms with van der Waals surface area (Å²) >= 11 is 7.55. The molecule has 2 N–H and O–H groups in total. The lowest BCUT2D eigenvalue weighted by Crippen LogP contribution is -2.44. The van der Waals surface area contributed by atoms with E-state index in [1.165, 1.54) is 22.4 Å². The molecule has 3 amide bonds. The average molecular weight is 604 g/mol. The van der Waals surface area contributed by atoms with Crippen LogP contribution < -0.4 is 5.73 Å². The van der Waals surface area contributed by atoms with Crippen LogP contribution in [-0.4, -0.2) is 52.9 Å². The highest BCUT2D eigenvalue weighted by Gasteiger charge is 2.36. The molecule has 1 unspecified atom stereocenters. The van der Waals surface area contributed by atoms with Crippen molar-refractivity contribution in [3.05, 3.63) is 61.8 Å². The number of likely N-dealkylation sites (tertiary alicyclic amines) is 2. The number of hydrogen-bond donors (Lipinski definition) is 1. The molecule has 1 atom stereocenters. The molecule has 8 heteroatoms. The maximum atomic E-state index is 13.1. The molecule has 2 fully saturated rings. The van der Waals surface area contributed by atoms with Crippen LogP contribution in [0.5, 0.6) is 0 Å². The SMILES string of the molecule is NC(=O)N1CCC(CC(=O)N2CCC(C3c4ncccc4CCc4cc(Br)cc(Br)c43)CC2)CC1. The van der Waals surface area contributed by atoms with E-state index in [2.05, 4.69) is 55.0 Å². The summed E-state index contributed by atoms with van der Waals surface area (Å²) in [6, 6.07) is 8.34. The number of carbonyl (C=O) groups is 2. The molecule has 0 radical (unpaired) electrons. The first-order valence-corrected chi connectivity index (χ1v) is 14.2. The van der Waals surface area contributed by atoms with E-state index in [1.807, 2.05) is 12.3 Å². The summed E-state index contributed by atoms with van der Waals surface area (Å²) in [6.07, 6.45) is 8.18. The van der Waals surface area contributed by atoms with Crippen molar-refractivity contribution in [1.29, 1.82) is 0 Å². The molecule has 2 aliphatic heterocycles. The number of piperidine rings is 2. The van der Waals surface area contributed by atoms with Crippen molar-refractivity contribution < 1.29 is 9.59 Å². The van der Waals surface area contributed by atoms with Crippen molar-refractivity contribution in [2.24, 2.45) is 17.6 Å². The van der Waals surface area contributed by atoms with Gasteiger partial charge in [-0.1, -0.05) is 37.9 Å². The minimum atomic E-state index is -0.355. The summed E-state index contributed by atoms with van der Waals surface area (Å²) in [4.78, 5) is 33.1. The average Bonchev–Trinajstić information content (AvgIpc) is 3.02. The number of primary amides is 1. The lowest BCUT2D eigenvalue weighted by Gasteiger charge is -2.38. The second-order valence-electron chi connectivity index (χ2n) is 10.2. The number of carbonyl (C=O) groups excluding carboxylic acids is 2. The molecule has 0 saturated carbocycles. The van der Waals surface area contributed by atoms with Crippen LogP contribution in [0.4, 0.5) is 4.79 Å². The molecule has 35 heavy (non-hydrogen) atoms. The van der Waals surface area contributed by atoms with Crippen LogP contribution in [0, 0.1) is 11.8 Å². The standard InChI is InChI=1S/C27H32Br2N4O2/c28-21-15-20-4-3-19-2-1-9-31-26(19)25(24(20)22(29)16-21)18-7-12-32(13-8-18)23(34)14-17-5-10-33(11-6-17)27(30)35/h1-2,9,15-18,25H,3-8,10-14H2,(H2,30,35). The molecular formula is C27H32Br2N4O2. The Hall–Kier alpha value is -1.93. The van der Waals surface area contributed by atoms with Gasteiger partial charge in [-0.15, -0.1) is 0 Å². The van der Waals surface area contributed by atoms with Crippen LogP contribution in [0.1, 0.15) is 60.4 Å². The lowest BCUT2D eigenvalue weighted by atomic mass is 9.76. The molecule has 1 aliphatic carbocycles. The van der Waals surface area contributed by atoms with Gasteiger partial charge < -0.3 is 15.5 Å². The fourth-order valence-corrected chi connectivity index (χ4v) is 7.78. The number of aryl methyl sites for hydroxylation is 2. The monoisotopic (exact) mass is 602 g/mol. The Labute approximate surface area is 223 Å². The number of nitrogens with zero attached hydrogens (tertiary/aromatic N) is 3. The molecule has 186 valence electrons. The third-order valence-electron chi connectivity index (χ3n) is 8.13. The third-order valence-corrected chi connectivity index (χ3v) is 9.24. The second kappa shape index (κ2) is 10.6. The first kappa shape index (κ1) is 24.8. The van der Waals surface area contributed by atoms with Crippen molar-refractivity contribution in [3.63, 3.8) is 0 Å². The third kappa shape index (κ3) is 5.29. The Bertz CT molecular complexity index is 1110. The van der Waals surface area contributed by atoms with Crippen LogP contribution in [0.3, 0.4) is 0 Å². The van der Waals surface area contributed by atoms with Crippen molar-refractivity contribution >= 4 is 43.8 Å². The zero-order valence-corrected chi connectivity index (χ0v) is 23.1. The van der Waals surface area contributed by atoms with Gasteiger partial charge in [0.15, 0.2) is 0 Å². The van der Waals surface area contributed by atoms with Gasteiger partial charge in [-0.2, -0.15) is 0 Å². The van der Waals surface area contributed by atoms with Gasteiger partial charge in [-0.05, 0) is 85.3 Å². The van der Waals surface area contributed by atoms with Gasteiger partial charge in [0, 0.05) is 53.7 Å². The molecular weight excluding hydrogens is 572 g/mol. The summed E-state index contributed by atoms with van der Waals surface area (Å²) in [7, 11) is 0. The molecule has 3 heterocycles. The fraction of sp³-hybridized carbons (Fsp3) is 0.519. The summed E-state index contributed by atoms with van der Waals surface area (Å²) in [6.45, 7) is 2.92. The molecule has 0 spiro atoms. The number of rotatable bonds is 3. The second-order valence-corrected chi connectivity index (χ2v) is 11.9. The van der Waals surface area contributed by atoms with E-state index in [-0.39, 0.29) is 17.9 Å². The van der Waals surface area contributed by atoms with Gasteiger partial charge in [0.05, 0.1) is 5.69 Å². The summed E-state index contributed by atoms with van der Waals surface area (Å²) in [5.41, 5.74) is 10.7. The molecule has 1 aromatic carbocycles. The number of hydrogen-bond acceptors (Lipinski definition) is 3. The Morgan fingerprint density at radius 3 is 2.37 bits per heavy atom. The van der Waals surface area contributed by atoms with Crippen molar-refractivity contribution in [3.8, 4) is 0 Å². The summed E-state index contributed by atoms with van der Waals surface area (Å²) in [5, 5.41) is 0. The summed E-state index contributed by atoms with van der Waals surface area (Å²) < 4.78 is 2.24. The van der Waals surface area contributed by atoms with Gasteiger partial charge in [0.1, 0.15) is 0 Å². The van der Waals surface area contributed by atoms with Gasteiger partial charge in [-0.25, -0.2) is 4.79 Å². The van der Waals surface area contributed by atoms with Crippen LogP contribution in [0.15, 0.2) is 39.4 Å². The Balaban J connectivity index is 1.29. The maximum absolute atomic E-state index is 13.1. The van der Waals surface area contributed by atoms with Crippen LogP contribution in [0.25, 0.3) is 0 Å². The van der Waals surface area contributed by atoms with E-state index < -0.39 is 0 Å². The smallest absolute Gasteiger partial charge is 0.314 e. The molecule has 3 aliphatic rings. The predicted molar refractivity (Wildman–Crippen MR) is 143 cm³/mol. The highest BCUT2D eigenvalue weighted by atomic mass is 79.9. The number of benzene rings is 1. The molecule has 6 nitrogen and oxygen atoms in total. The van der Waals surface area contributed by atoms with E-state index in [4.69, 9.17) is 10.7 Å². The number of halogens is 2. The van der Waals surface area contributed by atoms with E-state index >= 15 is 0 Å². The van der Waals surface area contributed by atoms with Crippen LogP contribution in [-0.2, 0) is 17.6 Å². The van der Waals surface area contributed by atoms with Crippen molar-refractivity contribution in [2.75, 3.05) is 26.2 Å². The number of pyridine rings is 1. The zero-order chi connectivity index (χ0) is 24.5. The Kier molecular flexibility index (Phi) is 7.49. The van der Waals surface area contributed by atoms with Gasteiger partial charge in [0.2, 0.25) is 5.91 Å². The van der Waals surface area contributed by atoms with Crippen molar-refractivity contribution in [2.45, 2.75) is 50.9 Å².